The number of carboxylic acid groups (broad SMARTS) is 1. The Kier molecular flexibility index (Phi) is 15.4. The van der Waals surface area contributed by atoms with Crippen LogP contribution in [0.25, 0.3) is 0 Å². The van der Waals surface area contributed by atoms with Crippen LogP contribution < -0.4 is 15.5 Å². The van der Waals surface area contributed by atoms with Gasteiger partial charge in [-0.15, -0.1) is 0 Å². The van der Waals surface area contributed by atoms with Crippen molar-refractivity contribution in [2.75, 3.05) is 40.6 Å². The molecule has 0 fully saturated rings. The fraction of sp³-hybridized carbons (Fsp3) is 0.545. The fourth-order valence-electron chi connectivity index (χ4n) is 4.81. The van der Waals surface area contributed by atoms with Crippen LogP contribution in [0.5, 0.6) is 0 Å². The largest absolute Gasteiger partial charge is 0.481 e. The zero-order chi connectivity index (χ0) is 31.1. The highest BCUT2D eigenvalue weighted by Crippen LogP contribution is 2.34. The van der Waals surface area contributed by atoms with Crippen molar-refractivity contribution in [3.05, 3.63) is 53.6 Å². The molecule has 232 valence electrons. The molecule has 2 rings (SSSR count). The van der Waals surface area contributed by atoms with Crippen LogP contribution in [0.15, 0.2) is 42.5 Å². The summed E-state index contributed by atoms with van der Waals surface area (Å²) in [6.07, 6.45) is 3.10. The summed E-state index contributed by atoms with van der Waals surface area (Å²) in [6.45, 7) is 12.5. The first kappa shape index (κ1) is 35.1. The minimum atomic E-state index is -0.899. The number of alkyl halides is 1. The molecule has 2 aromatic rings. The molecule has 0 aromatic heterocycles. The van der Waals surface area contributed by atoms with E-state index >= 15 is 0 Å². The van der Waals surface area contributed by atoms with Gasteiger partial charge in [0.2, 0.25) is 0 Å². The summed E-state index contributed by atoms with van der Waals surface area (Å²) in [7, 11) is 0. The van der Waals surface area contributed by atoms with Crippen LogP contribution in [0.3, 0.4) is 0 Å². The van der Waals surface area contributed by atoms with E-state index in [1.807, 2.05) is 49.4 Å². The Hall–Kier alpha value is -3.07. The Balaban J connectivity index is 2.30. The number of urea groups is 1. The molecule has 0 saturated heterocycles. The minimum Gasteiger partial charge on any atom is -0.481 e. The number of nitrogens with zero attached hydrogens (tertiary/aromatic N) is 1. The van der Waals surface area contributed by atoms with E-state index < -0.39 is 5.97 Å². The standard InChI is InChI=1S/C33H48BrN3O5/c1-23(2)21-37(22-24(3)4)30-16-13-27(19-29(30)36-33(41)35-28-14-11-25(5)12-15-28)26(20-31(38)39)9-8-18-42-32(40)10-6-7-17-34/h11-16,19,23-24,26H,6-10,17-18,20-22H2,1-5H3,(H,38,39)(H2,35,36,41). The van der Waals surface area contributed by atoms with Gasteiger partial charge < -0.3 is 25.4 Å². The summed E-state index contributed by atoms with van der Waals surface area (Å²) in [5, 5.41) is 16.5. The molecule has 0 aliphatic rings. The molecule has 3 N–H and O–H groups in total. The quantitative estimate of drug-likeness (QED) is 0.0856. The molecule has 0 heterocycles. The highest BCUT2D eigenvalue weighted by atomic mass is 79.9. The van der Waals surface area contributed by atoms with Gasteiger partial charge in [0, 0.05) is 30.5 Å². The van der Waals surface area contributed by atoms with Crippen molar-refractivity contribution >= 4 is 51.0 Å². The van der Waals surface area contributed by atoms with Crippen molar-refractivity contribution in [1.82, 2.24) is 0 Å². The summed E-state index contributed by atoms with van der Waals surface area (Å²) in [5.74, 6) is -0.618. The molecule has 9 heteroatoms. The summed E-state index contributed by atoms with van der Waals surface area (Å²) < 4.78 is 5.37. The molecule has 0 radical (unpaired) electrons. The smallest absolute Gasteiger partial charge is 0.323 e. The number of aryl methyl sites for hydroxylation is 1. The van der Waals surface area contributed by atoms with E-state index in [0.717, 1.165) is 48.1 Å². The number of hydrogen-bond acceptors (Lipinski definition) is 5. The zero-order valence-corrected chi connectivity index (χ0v) is 27.3. The highest BCUT2D eigenvalue weighted by Gasteiger charge is 2.21. The van der Waals surface area contributed by atoms with Crippen molar-refractivity contribution < 1.29 is 24.2 Å². The van der Waals surface area contributed by atoms with Gasteiger partial charge in [-0.25, -0.2) is 4.79 Å². The second-order valence-corrected chi connectivity index (χ2v) is 12.5. The van der Waals surface area contributed by atoms with Crippen LogP contribution in [0.4, 0.5) is 21.9 Å². The van der Waals surface area contributed by atoms with Crippen LogP contribution in [-0.4, -0.2) is 48.1 Å². The molecule has 0 aliphatic heterocycles. The lowest BCUT2D eigenvalue weighted by molar-refractivity contribution is -0.144. The number of anilines is 3. The first-order valence-corrected chi connectivity index (χ1v) is 16.1. The third-order valence-electron chi connectivity index (χ3n) is 6.71. The van der Waals surface area contributed by atoms with Crippen molar-refractivity contribution in [3.63, 3.8) is 0 Å². The highest BCUT2D eigenvalue weighted by molar-refractivity contribution is 9.09. The number of benzene rings is 2. The fourth-order valence-corrected chi connectivity index (χ4v) is 5.20. The second-order valence-electron chi connectivity index (χ2n) is 11.7. The Morgan fingerprint density at radius 3 is 2.19 bits per heavy atom. The number of ether oxygens (including phenoxy) is 1. The van der Waals surface area contributed by atoms with Gasteiger partial charge in [0.1, 0.15) is 0 Å². The maximum atomic E-state index is 13.1. The Labute approximate surface area is 259 Å². The van der Waals surface area contributed by atoms with Gasteiger partial charge in [0.15, 0.2) is 0 Å². The molecule has 1 atom stereocenters. The van der Waals surface area contributed by atoms with Gasteiger partial charge >= 0.3 is 18.0 Å². The molecule has 42 heavy (non-hydrogen) atoms. The number of halogens is 1. The van der Waals surface area contributed by atoms with Crippen LogP contribution in [-0.2, 0) is 14.3 Å². The van der Waals surface area contributed by atoms with Crippen molar-refractivity contribution in [1.29, 1.82) is 0 Å². The van der Waals surface area contributed by atoms with Crippen molar-refractivity contribution in [2.24, 2.45) is 11.8 Å². The average molecular weight is 647 g/mol. The molecule has 0 saturated carbocycles. The summed E-state index contributed by atoms with van der Waals surface area (Å²) in [6, 6.07) is 13.1. The minimum absolute atomic E-state index is 0.0603. The Bertz CT molecular complexity index is 1130. The van der Waals surface area contributed by atoms with Crippen LogP contribution in [0.1, 0.15) is 83.3 Å². The van der Waals surface area contributed by atoms with E-state index in [-0.39, 0.29) is 30.9 Å². The molecular formula is C33H48BrN3O5. The Morgan fingerprint density at radius 1 is 0.929 bits per heavy atom. The number of aliphatic carboxylic acids is 1. The molecule has 1 unspecified atom stereocenters. The lowest BCUT2D eigenvalue weighted by Gasteiger charge is -2.31. The number of rotatable bonds is 18. The third-order valence-corrected chi connectivity index (χ3v) is 7.27. The maximum Gasteiger partial charge on any atom is 0.323 e. The topological polar surface area (TPSA) is 108 Å². The normalized spacial score (nSPS) is 11.8. The van der Waals surface area contributed by atoms with Crippen molar-refractivity contribution in [2.45, 2.75) is 79.1 Å². The summed E-state index contributed by atoms with van der Waals surface area (Å²) in [5.41, 5.74) is 4.13. The van der Waals surface area contributed by atoms with Crippen LogP contribution in [0.2, 0.25) is 0 Å². The molecule has 0 aliphatic carbocycles. The predicted molar refractivity (Wildman–Crippen MR) is 175 cm³/mol. The van der Waals surface area contributed by atoms with Gasteiger partial charge in [-0.3, -0.25) is 9.59 Å². The van der Waals surface area contributed by atoms with Gasteiger partial charge in [-0.1, -0.05) is 67.4 Å². The molecule has 8 nitrogen and oxygen atoms in total. The maximum absolute atomic E-state index is 13.1. The van der Waals surface area contributed by atoms with E-state index in [1.165, 1.54) is 0 Å². The SMILES string of the molecule is Cc1ccc(NC(=O)Nc2cc(C(CCCOC(=O)CCCCBr)CC(=O)O)ccc2N(CC(C)C)CC(C)C)cc1. The number of amides is 2. The number of carbonyl (C=O) groups is 3. The van der Waals surface area contributed by atoms with E-state index in [9.17, 15) is 19.5 Å². The summed E-state index contributed by atoms with van der Waals surface area (Å²) in [4.78, 5) is 39.2. The van der Waals surface area contributed by atoms with Gasteiger partial charge in [-0.05, 0) is 80.2 Å². The van der Waals surface area contributed by atoms with Crippen LogP contribution >= 0.6 is 15.9 Å². The molecular weight excluding hydrogens is 598 g/mol. The molecule has 0 spiro atoms. The van der Waals surface area contributed by atoms with E-state index in [2.05, 4.69) is 59.2 Å². The van der Waals surface area contributed by atoms with E-state index in [4.69, 9.17) is 4.74 Å². The molecule has 2 aromatic carbocycles. The lowest BCUT2D eigenvalue weighted by atomic mass is 9.90. The van der Waals surface area contributed by atoms with Gasteiger partial charge in [0.25, 0.3) is 0 Å². The van der Waals surface area contributed by atoms with E-state index in [1.54, 1.807) is 0 Å². The monoisotopic (exact) mass is 645 g/mol. The lowest BCUT2D eigenvalue weighted by Crippen LogP contribution is -2.32. The van der Waals surface area contributed by atoms with Gasteiger partial charge in [-0.2, -0.15) is 0 Å². The Morgan fingerprint density at radius 2 is 1.60 bits per heavy atom. The number of carboxylic acids is 1. The number of esters is 1. The predicted octanol–water partition coefficient (Wildman–Crippen LogP) is 8.20. The number of nitrogens with one attached hydrogen (secondary N) is 2. The van der Waals surface area contributed by atoms with E-state index in [0.29, 0.717) is 42.5 Å². The number of carbonyl (C=O) groups excluding carboxylic acids is 2. The average Bonchev–Trinajstić information content (AvgIpc) is 2.90. The van der Waals surface area contributed by atoms with Crippen LogP contribution in [0, 0.1) is 18.8 Å². The molecule has 2 amide bonds. The van der Waals surface area contributed by atoms with Crippen molar-refractivity contribution in [3.8, 4) is 0 Å². The molecule has 0 bridgehead atoms. The summed E-state index contributed by atoms with van der Waals surface area (Å²) >= 11 is 3.36. The second kappa shape index (κ2) is 18.5. The zero-order valence-electron chi connectivity index (χ0n) is 25.7. The van der Waals surface area contributed by atoms with Gasteiger partial charge in [0.05, 0.1) is 24.4 Å². The third kappa shape index (κ3) is 13.3. The first-order valence-electron chi connectivity index (χ1n) is 14.9. The number of hydrogen-bond donors (Lipinski definition) is 3. The first-order chi connectivity index (χ1) is 20.0. The number of unbranched alkanes of at least 4 members (excludes halogenated alkanes) is 1.